The van der Waals surface area contributed by atoms with Crippen molar-refractivity contribution >= 4 is 25.6 Å². The molecule has 1 aromatic heterocycles. The number of aromatic nitrogens is 2. The number of nitrogens with one attached hydrogen (secondary N) is 1. The molecule has 0 amide bonds. The van der Waals surface area contributed by atoms with Crippen LogP contribution >= 0.6 is 0 Å². The standard InChI is InChI=1S/C8H10N2O3Se/c1-5-3-6(11)10-8(9-5)14-4-7(12)13-2/h3H,4H2,1-2H3,(H,9,10,11). The molecule has 0 radical (unpaired) electrons. The Bertz CT molecular complexity index is 388. The number of ether oxygens (including phenoxy) is 1. The van der Waals surface area contributed by atoms with E-state index in [2.05, 4.69) is 14.7 Å². The van der Waals surface area contributed by atoms with Crippen LogP contribution in [-0.2, 0) is 9.53 Å². The van der Waals surface area contributed by atoms with E-state index in [1.807, 2.05) is 0 Å². The van der Waals surface area contributed by atoms with Gasteiger partial charge < -0.3 is 0 Å². The van der Waals surface area contributed by atoms with Gasteiger partial charge in [-0.2, -0.15) is 0 Å². The minimum atomic E-state index is -0.283. The zero-order valence-electron chi connectivity index (χ0n) is 7.86. The van der Waals surface area contributed by atoms with Crippen molar-refractivity contribution in [3.63, 3.8) is 0 Å². The zero-order valence-corrected chi connectivity index (χ0v) is 9.58. The maximum atomic E-state index is 11.0. The van der Waals surface area contributed by atoms with Crippen molar-refractivity contribution in [2.24, 2.45) is 0 Å². The second kappa shape index (κ2) is 4.93. The Kier molecular flexibility index (Phi) is 3.85. The van der Waals surface area contributed by atoms with Gasteiger partial charge in [0.25, 0.3) is 0 Å². The van der Waals surface area contributed by atoms with Crippen molar-refractivity contribution in [2.75, 3.05) is 7.11 Å². The summed E-state index contributed by atoms with van der Waals surface area (Å²) in [5.74, 6) is -0.283. The average molecular weight is 261 g/mol. The first-order chi connectivity index (χ1) is 6.61. The fraction of sp³-hybridized carbons (Fsp3) is 0.375. The Labute approximate surface area is 87.0 Å². The van der Waals surface area contributed by atoms with Crippen molar-refractivity contribution < 1.29 is 9.53 Å². The molecule has 6 heteroatoms. The van der Waals surface area contributed by atoms with Crippen LogP contribution in [-0.4, -0.2) is 38.0 Å². The van der Waals surface area contributed by atoms with Crippen LogP contribution in [0.3, 0.4) is 0 Å². The first kappa shape index (κ1) is 10.9. The maximum absolute atomic E-state index is 11.0. The van der Waals surface area contributed by atoms with E-state index in [0.29, 0.717) is 10.4 Å². The summed E-state index contributed by atoms with van der Waals surface area (Å²) < 4.78 is 5.07. The van der Waals surface area contributed by atoms with Crippen molar-refractivity contribution in [1.29, 1.82) is 0 Å². The average Bonchev–Trinajstić information content (AvgIpc) is 2.12. The first-order valence-corrected chi connectivity index (χ1v) is 5.96. The summed E-state index contributed by atoms with van der Waals surface area (Å²) in [7, 11) is 1.34. The number of methoxy groups -OCH3 is 1. The molecule has 0 aliphatic heterocycles. The second-order valence-corrected chi connectivity index (χ2v) is 4.58. The number of aryl methyl sites for hydroxylation is 1. The van der Waals surface area contributed by atoms with Gasteiger partial charge >= 0.3 is 86.6 Å². The summed E-state index contributed by atoms with van der Waals surface area (Å²) in [6.07, 6.45) is 0. The molecule has 1 heterocycles. The minimum absolute atomic E-state index is 0.168. The van der Waals surface area contributed by atoms with Gasteiger partial charge in [0.05, 0.1) is 0 Å². The Hall–Kier alpha value is -1.13. The number of H-pyrrole nitrogens is 1. The second-order valence-electron chi connectivity index (χ2n) is 2.56. The summed E-state index contributed by atoms with van der Waals surface area (Å²) in [4.78, 5) is 28.5. The summed E-state index contributed by atoms with van der Waals surface area (Å²) in [6.45, 7) is 1.74. The van der Waals surface area contributed by atoms with E-state index in [9.17, 15) is 9.59 Å². The van der Waals surface area contributed by atoms with Gasteiger partial charge in [-0.05, 0) is 0 Å². The Balaban J connectivity index is 2.68. The number of hydrogen-bond acceptors (Lipinski definition) is 4. The molecule has 1 N–H and O–H groups in total. The summed E-state index contributed by atoms with van der Waals surface area (Å²) >= 11 is -0.168. The van der Waals surface area contributed by atoms with E-state index in [1.165, 1.54) is 13.2 Å². The van der Waals surface area contributed by atoms with E-state index in [4.69, 9.17) is 0 Å². The van der Waals surface area contributed by atoms with Crippen LogP contribution in [0, 0.1) is 6.92 Å². The fourth-order valence-corrected chi connectivity index (χ4v) is 2.39. The molecule has 0 unspecified atom stereocenters. The van der Waals surface area contributed by atoms with E-state index in [1.54, 1.807) is 6.92 Å². The molecule has 0 bridgehead atoms. The number of carbonyl (C=O) groups is 1. The van der Waals surface area contributed by atoms with Gasteiger partial charge in [-0.15, -0.1) is 0 Å². The molecular weight excluding hydrogens is 251 g/mol. The van der Waals surface area contributed by atoms with Crippen molar-refractivity contribution in [3.05, 3.63) is 22.1 Å². The van der Waals surface area contributed by atoms with Crippen LogP contribution in [0.25, 0.3) is 0 Å². The van der Waals surface area contributed by atoms with Gasteiger partial charge in [-0.25, -0.2) is 0 Å². The number of carbonyl (C=O) groups excluding carboxylic acids is 1. The molecule has 0 aromatic carbocycles. The van der Waals surface area contributed by atoms with Crippen LogP contribution in [0.5, 0.6) is 0 Å². The van der Waals surface area contributed by atoms with E-state index in [0.717, 1.165) is 0 Å². The molecule has 0 saturated carbocycles. The molecule has 76 valence electrons. The predicted octanol–water partition coefficient (Wildman–Crippen LogP) is -1.00. The van der Waals surface area contributed by atoms with Gasteiger partial charge in [-0.3, -0.25) is 0 Å². The van der Waals surface area contributed by atoms with E-state index < -0.39 is 0 Å². The van der Waals surface area contributed by atoms with Crippen LogP contribution in [0.4, 0.5) is 0 Å². The zero-order chi connectivity index (χ0) is 10.6. The SMILES string of the molecule is COC(=O)C[Se]c1nc(C)cc(=O)[nH]1. The molecule has 0 aliphatic rings. The van der Waals surface area contributed by atoms with Gasteiger partial charge in [0.2, 0.25) is 0 Å². The predicted molar refractivity (Wildman–Crippen MR) is 51.8 cm³/mol. The summed E-state index contributed by atoms with van der Waals surface area (Å²) in [5.41, 5.74) is 0.481. The van der Waals surface area contributed by atoms with E-state index in [-0.39, 0.29) is 31.8 Å². The number of aromatic amines is 1. The van der Waals surface area contributed by atoms with Crippen molar-refractivity contribution in [3.8, 4) is 0 Å². The third-order valence-corrected chi connectivity index (χ3v) is 3.18. The van der Waals surface area contributed by atoms with Crippen molar-refractivity contribution in [2.45, 2.75) is 12.2 Å². The number of rotatable bonds is 3. The molecular formula is C8H10N2O3Se. The summed E-state index contributed by atoms with van der Waals surface area (Å²) in [5, 5.41) is 0.288. The van der Waals surface area contributed by atoms with Gasteiger partial charge in [-0.1, -0.05) is 0 Å². The van der Waals surface area contributed by atoms with E-state index >= 15 is 0 Å². The number of hydrogen-bond donors (Lipinski definition) is 1. The fourth-order valence-electron chi connectivity index (χ4n) is 0.806. The van der Waals surface area contributed by atoms with Crippen LogP contribution in [0.1, 0.15) is 5.69 Å². The molecule has 1 rings (SSSR count). The third-order valence-electron chi connectivity index (χ3n) is 1.40. The molecule has 1 aromatic rings. The Morgan fingerprint density at radius 3 is 3.00 bits per heavy atom. The van der Waals surface area contributed by atoms with Gasteiger partial charge in [0, 0.05) is 0 Å². The first-order valence-electron chi connectivity index (χ1n) is 3.89. The number of nitrogens with zero attached hydrogens (tertiary/aromatic N) is 1. The molecule has 0 fully saturated rings. The Morgan fingerprint density at radius 1 is 1.71 bits per heavy atom. The molecule has 0 aliphatic carbocycles. The normalized spacial score (nSPS) is 9.86. The van der Waals surface area contributed by atoms with Crippen LogP contribution < -0.4 is 10.3 Å². The molecule has 0 atom stereocenters. The van der Waals surface area contributed by atoms with Crippen LogP contribution in [0.2, 0.25) is 5.32 Å². The molecule has 0 saturated heterocycles. The molecule has 14 heavy (non-hydrogen) atoms. The topological polar surface area (TPSA) is 72.0 Å². The molecule has 0 spiro atoms. The quantitative estimate of drug-likeness (QED) is 0.559. The third kappa shape index (κ3) is 3.32. The van der Waals surface area contributed by atoms with Gasteiger partial charge in [0.15, 0.2) is 0 Å². The Morgan fingerprint density at radius 2 is 2.43 bits per heavy atom. The monoisotopic (exact) mass is 262 g/mol. The number of esters is 1. The molecule has 5 nitrogen and oxygen atoms in total. The summed E-state index contributed by atoms with van der Waals surface area (Å²) in [6, 6.07) is 1.41. The van der Waals surface area contributed by atoms with Gasteiger partial charge in [0.1, 0.15) is 0 Å². The van der Waals surface area contributed by atoms with Crippen LogP contribution in [0.15, 0.2) is 10.9 Å². The van der Waals surface area contributed by atoms with Crippen molar-refractivity contribution in [1.82, 2.24) is 9.97 Å².